The predicted molar refractivity (Wildman–Crippen MR) is 71.6 cm³/mol. The molecule has 1 aliphatic heterocycles. The van der Waals surface area contributed by atoms with Crippen LogP contribution in [-0.2, 0) is 5.41 Å². The Balaban J connectivity index is 2.07. The van der Waals surface area contributed by atoms with Crippen LogP contribution in [0.5, 0.6) is 5.75 Å². The molecule has 0 aromatic heterocycles. The molecule has 2 N–H and O–H groups in total. The van der Waals surface area contributed by atoms with Crippen molar-refractivity contribution in [1.29, 1.82) is 0 Å². The van der Waals surface area contributed by atoms with Crippen molar-refractivity contribution in [1.82, 2.24) is 0 Å². The van der Waals surface area contributed by atoms with E-state index in [1.54, 1.807) is 11.8 Å². The fraction of sp³-hybridized carbons (Fsp3) is 0.571. The van der Waals surface area contributed by atoms with E-state index >= 15 is 0 Å². The summed E-state index contributed by atoms with van der Waals surface area (Å²) in [5.41, 5.74) is 7.66. The second-order valence-electron chi connectivity index (χ2n) is 5.68. The summed E-state index contributed by atoms with van der Waals surface area (Å²) in [5.74, 6) is 1.08. The lowest BCUT2D eigenvalue weighted by molar-refractivity contribution is 0.210. The number of thioether (sulfide) groups is 1. The van der Waals surface area contributed by atoms with Crippen LogP contribution >= 0.6 is 11.8 Å². The van der Waals surface area contributed by atoms with Crippen LogP contribution in [0, 0.1) is 0 Å². The summed E-state index contributed by atoms with van der Waals surface area (Å²) in [6.45, 7) is 6.35. The molecule has 0 saturated heterocycles. The molecule has 1 fully saturated rings. The Labute approximate surface area is 107 Å². The quantitative estimate of drug-likeness (QED) is 0.873. The van der Waals surface area contributed by atoms with Crippen molar-refractivity contribution in [2.45, 2.75) is 54.9 Å². The van der Waals surface area contributed by atoms with Crippen molar-refractivity contribution in [3.63, 3.8) is 0 Å². The maximum Gasteiger partial charge on any atom is 0.153 e. The Bertz CT molecular complexity index is 463. The summed E-state index contributed by atoms with van der Waals surface area (Å²) >= 11 is 1.80. The van der Waals surface area contributed by atoms with E-state index in [9.17, 15) is 0 Å². The molecule has 0 bridgehead atoms. The van der Waals surface area contributed by atoms with E-state index in [-0.39, 0.29) is 16.4 Å². The minimum absolute atomic E-state index is 0.146. The van der Waals surface area contributed by atoms with E-state index in [1.165, 1.54) is 23.3 Å². The number of hydrogen-bond donors (Lipinski definition) is 1. The lowest BCUT2D eigenvalue weighted by Gasteiger charge is -2.23. The molecular weight excluding hydrogens is 230 g/mol. The van der Waals surface area contributed by atoms with Gasteiger partial charge >= 0.3 is 0 Å². The fourth-order valence-corrected chi connectivity index (χ4v) is 3.78. The van der Waals surface area contributed by atoms with Gasteiger partial charge in [-0.05, 0) is 39.7 Å². The number of para-hydroxylation sites is 1. The molecule has 1 aliphatic carbocycles. The van der Waals surface area contributed by atoms with Crippen molar-refractivity contribution >= 4 is 11.8 Å². The highest BCUT2D eigenvalue weighted by atomic mass is 32.2. The molecule has 3 heteroatoms. The lowest BCUT2D eigenvalue weighted by Crippen LogP contribution is -2.32. The van der Waals surface area contributed by atoms with Crippen LogP contribution in [0.3, 0.4) is 0 Å². The first kappa shape index (κ1) is 11.4. The van der Waals surface area contributed by atoms with E-state index in [2.05, 4.69) is 39.0 Å². The van der Waals surface area contributed by atoms with Gasteiger partial charge in [0.25, 0.3) is 0 Å². The molecule has 1 aromatic carbocycles. The highest BCUT2D eigenvalue weighted by Gasteiger charge is 2.50. The second kappa shape index (κ2) is 3.42. The molecule has 3 rings (SSSR count). The van der Waals surface area contributed by atoms with Crippen LogP contribution in [-0.4, -0.2) is 11.0 Å². The zero-order valence-electron chi connectivity index (χ0n) is 10.6. The van der Waals surface area contributed by atoms with Crippen LogP contribution in [0.1, 0.15) is 39.2 Å². The van der Waals surface area contributed by atoms with E-state index in [0.29, 0.717) is 0 Å². The number of fused-ring (bicyclic) bond motifs is 1. The van der Waals surface area contributed by atoms with Crippen LogP contribution < -0.4 is 10.5 Å². The minimum Gasteiger partial charge on any atom is -0.475 e. The van der Waals surface area contributed by atoms with Gasteiger partial charge in [-0.3, -0.25) is 0 Å². The maximum atomic E-state index is 6.16. The molecule has 0 radical (unpaired) electrons. The molecule has 2 nitrogen and oxygen atoms in total. The van der Waals surface area contributed by atoms with E-state index in [4.69, 9.17) is 10.5 Å². The molecular formula is C14H19NOS. The first-order valence-corrected chi connectivity index (χ1v) is 7.03. The molecule has 1 saturated carbocycles. The topological polar surface area (TPSA) is 35.2 Å². The summed E-state index contributed by atoms with van der Waals surface area (Å²) in [7, 11) is 0. The first-order valence-electron chi connectivity index (χ1n) is 6.22. The van der Waals surface area contributed by atoms with Gasteiger partial charge in [-0.1, -0.05) is 23.9 Å². The van der Waals surface area contributed by atoms with Crippen molar-refractivity contribution < 1.29 is 4.74 Å². The van der Waals surface area contributed by atoms with E-state index < -0.39 is 0 Å². The molecule has 1 atom stereocenters. The van der Waals surface area contributed by atoms with Crippen LogP contribution in [0.25, 0.3) is 0 Å². The van der Waals surface area contributed by atoms with E-state index in [1.807, 2.05) is 0 Å². The maximum absolute atomic E-state index is 6.16. The third-order valence-electron chi connectivity index (χ3n) is 3.88. The third kappa shape index (κ3) is 1.67. The van der Waals surface area contributed by atoms with Gasteiger partial charge in [0, 0.05) is 17.0 Å². The smallest absolute Gasteiger partial charge is 0.153 e. The summed E-state index contributed by atoms with van der Waals surface area (Å²) in [6, 6.07) is 6.67. The van der Waals surface area contributed by atoms with Crippen LogP contribution in [0.4, 0.5) is 0 Å². The monoisotopic (exact) mass is 249 g/mol. The lowest BCUT2D eigenvalue weighted by atomic mass is 9.89. The number of hydrogen-bond acceptors (Lipinski definition) is 3. The van der Waals surface area contributed by atoms with Gasteiger partial charge in [0.2, 0.25) is 0 Å². The van der Waals surface area contributed by atoms with Gasteiger partial charge in [-0.15, -0.1) is 0 Å². The van der Waals surface area contributed by atoms with Gasteiger partial charge in [0.15, 0.2) is 4.93 Å². The second-order valence-corrected chi connectivity index (χ2v) is 7.31. The largest absolute Gasteiger partial charge is 0.475 e. The summed E-state index contributed by atoms with van der Waals surface area (Å²) in [6.07, 6.45) is 2.38. The highest BCUT2D eigenvalue weighted by molar-refractivity contribution is 8.00. The van der Waals surface area contributed by atoms with Gasteiger partial charge in [0.1, 0.15) is 5.75 Å². The van der Waals surface area contributed by atoms with Crippen molar-refractivity contribution in [2.75, 3.05) is 0 Å². The van der Waals surface area contributed by atoms with Crippen LogP contribution in [0.2, 0.25) is 0 Å². The number of benzene rings is 1. The Kier molecular flexibility index (Phi) is 2.30. The number of ether oxygens (including phenoxy) is 1. The molecule has 92 valence electrons. The first-order chi connectivity index (χ1) is 7.95. The summed E-state index contributed by atoms with van der Waals surface area (Å²) in [4.78, 5) is 1.12. The Morgan fingerprint density at radius 2 is 2.06 bits per heavy atom. The van der Waals surface area contributed by atoms with E-state index in [0.717, 1.165) is 5.75 Å². The van der Waals surface area contributed by atoms with Crippen LogP contribution in [0.15, 0.2) is 23.1 Å². The van der Waals surface area contributed by atoms with Gasteiger partial charge in [0.05, 0.1) is 4.90 Å². The summed E-state index contributed by atoms with van der Waals surface area (Å²) < 4.78 is 6.11. The van der Waals surface area contributed by atoms with Crippen molar-refractivity contribution in [3.8, 4) is 5.75 Å². The summed E-state index contributed by atoms with van der Waals surface area (Å²) in [5, 5.41) is 0. The zero-order valence-corrected chi connectivity index (χ0v) is 11.4. The molecule has 1 unspecified atom stereocenters. The van der Waals surface area contributed by atoms with Gasteiger partial charge in [-0.25, -0.2) is 0 Å². The average molecular weight is 249 g/mol. The molecule has 1 heterocycles. The Hall–Kier alpha value is -0.670. The minimum atomic E-state index is -0.146. The standard InChI is InChI=1S/C14H19NOS/c1-9(15)14(7-8-14)10-5-4-6-11-12(10)16-13(2,3)17-11/h4-6,9H,7-8,15H2,1-3H3. The Morgan fingerprint density at radius 3 is 2.65 bits per heavy atom. The van der Waals surface area contributed by atoms with Crippen molar-refractivity contribution in [2.24, 2.45) is 5.73 Å². The molecule has 0 amide bonds. The van der Waals surface area contributed by atoms with Gasteiger partial charge < -0.3 is 10.5 Å². The predicted octanol–water partition coefficient (Wildman–Crippen LogP) is 3.29. The normalized spacial score (nSPS) is 24.9. The highest BCUT2D eigenvalue weighted by Crippen LogP contribution is 2.58. The van der Waals surface area contributed by atoms with Crippen molar-refractivity contribution in [3.05, 3.63) is 23.8 Å². The molecule has 2 aliphatic rings. The Morgan fingerprint density at radius 1 is 1.35 bits per heavy atom. The fourth-order valence-electron chi connectivity index (χ4n) is 2.73. The molecule has 17 heavy (non-hydrogen) atoms. The number of nitrogens with two attached hydrogens (primary N) is 1. The average Bonchev–Trinajstić information content (AvgIpc) is 2.95. The van der Waals surface area contributed by atoms with Gasteiger partial charge in [-0.2, -0.15) is 0 Å². The number of rotatable bonds is 2. The SMILES string of the molecule is CC(N)C1(c2cccc3c2OC(C)(C)S3)CC1. The molecule has 0 spiro atoms. The zero-order chi connectivity index (χ0) is 12.3. The third-order valence-corrected chi connectivity index (χ3v) is 5.00. The molecule has 1 aromatic rings.